The van der Waals surface area contributed by atoms with Gasteiger partial charge in [-0.25, -0.2) is 0 Å². The average molecular weight is 618 g/mol. The molecule has 48 heavy (non-hydrogen) atoms. The molecule has 0 aliphatic heterocycles. The first-order valence-electron chi connectivity index (χ1n) is 17.9. The number of aromatic nitrogens is 1. The summed E-state index contributed by atoms with van der Waals surface area (Å²) in [5.41, 5.74) is 14.4. The van der Waals surface area contributed by atoms with Crippen LogP contribution < -0.4 is 0 Å². The number of furan rings is 1. The average Bonchev–Trinajstić information content (AvgIpc) is 3.77. The Kier molecular flexibility index (Phi) is 4.91. The van der Waals surface area contributed by atoms with Crippen molar-refractivity contribution in [1.29, 1.82) is 0 Å². The third-order valence-corrected chi connectivity index (χ3v) is 13.2. The molecule has 0 amide bonds. The van der Waals surface area contributed by atoms with Gasteiger partial charge in [-0.2, -0.15) is 0 Å². The molecule has 0 saturated heterocycles. The standard InChI is InChI=1S/C46H35NO/c1-4-14-38-36(11-1)44-32(12-7-15-39(44)46(38)30-22-27-21-28(24-30)25-31(46)23-27)29-19-20-41-37(26-29)33-9-2-5-16-40(33)47(41)42-17-8-13-35-34-10-3-6-18-43(34)48-45(35)42/h1-20,26-28,30-31H,21-25H2. The molecule has 2 heteroatoms. The lowest BCUT2D eigenvalue weighted by molar-refractivity contribution is -0.0399. The molecule has 0 unspecified atom stereocenters. The molecule has 5 aliphatic rings. The second-order valence-corrected chi connectivity index (χ2v) is 15.3. The van der Waals surface area contributed by atoms with E-state index in [0.717, 1.165) is 51.3 Å². The molecule has 6 aromatic carbocycles. The highest BCUT2D eigenvalue weighted by Gasteiger charge is 2.61. The van der Waals surface area contributed by atoms with Gasteiger partial charge in [0.25, 0.3) is 0 Å². The van der Waals surface area contributed by atoms with Crippen LogP contribution in [-0.2, 0) is 5.41 Å². The predicted octanol–water partition coefficient (Wildman–Crippen LogP) is 12.1. The maximum atomic E-state index is 6.56. The summed E-state index contributed by atoms with van der Waals surface area (Å²) >= 11 is 0. The molecule has 1 spiro atoms. The fourth-order valence-corrected chi connectivity index (χ4v) is 11.8. The molecule has 2 aromatic heterocycles. The van der Waals surface area contributed by atoms with Crippen molar-refractivity contribution in [2.24, 2.45) is 23.7 Å². The Morgan fingerprint density at radius 2 is 1.19 bits per heavy atom. The van der Waals surface area contributed by atoms with Crippen LogP contribution in [0.15, 0.2) is 132 Å². The van der Waals surface area contributed by atoms with Crippen LogP contribution in [-0.4, -0.2) is 4.57 Å². The zero-order valence-corrected chi connectivity index (χ0v) is 26.8. The predicted molar refractivity (Wildman–Crippen MR) is 197 cm³/mol. The molecule has 2 nitrogen and oxygen atoms in total. The SMILES string of the molecule is c1ccc2c(c1)-c1c(-c3ccc4c(c3)c3ccccc3n4-c3cccc4c3oc3ccccc34)cccc1C21C2CC3CC(C2)CC1C3. The van der Waals surface area contributed by atoms with Crippen molar-refractivity contribution in [3.63, 3.8) is 0 Å². The van der Waals surface area contributed by atoms with Crippen molar-refractivity contribution in [2.45, 2.75) is 37.5 Å². The summed E-state index contributed by atoms with van der Waals surface area (Å²) in [6, 6.07) is 47.7. The van der Waals surface area contributed by atoms with E-state index in [1.54, 1.807) is 11.1 Å². The van der Waals surface area contributed by atoms with Gasteiger partial charge in [-0.15, -0.1) is 0 Å². The van der Waals surface area contributed by atoms with Crippen molar-refractivity contribution in [3.8, 4) is 27.9 Å². The molecular formula is C46H35NO. The van der Waals surface area contributed by atoms with Gasteiger partial charge < -0.3 is 8.98 Å². The summed E-state index contributed by atoms with van der Waals surface area (Å²) in [6.45, 7) is 0. The summed E-state index contributed by atoms with van der Waals surface area (Å²) in [5.74, 6) is 3.44. The molecule has 0 N–H and O–H groups in total. The van der Waals surface area contributed by atoms with Gasteiger partial charge in [-0.1, -0.05) is 97.1 Å². The minimum absolute atomic E-state index is 0.181. The van der Waals surface area contributed by atoms with Crippen LogP contribution in [0.4, 0.5) is 0 Å². The Morgan fingerprint density at radius 3 is 2.06 bits per heavy atom. The summed E-state index contributed by atoms with van der Waals surface area (Å²) < 4.78 is 8.97. The van der Waals surface area contributed by atoms with Crippen molar-refractivity contribution in [1.82, 2.24) is 4.57 Å². The van der Waals surface area contributed by atoms with Gasteiger partial charge in [0.1, 0.15) is 5.58 Å². The monoisotopic (exact) mass is 617 g/mol. The minimum Gasteiger partial charge on any atom is -0.454 e. The normalized spacial score (nSPS) is 25.2. The van der Waals surface area contributed by atoms with Gasteiger partial charge in [-0.05, 0) is 119 Å². The second-order valence-electron chi connectivity index (χ2n) is 15.3. The Labute approximate surface area is 279 Å². The van der Waals surface area contributed by atoms with E-state index in [1.165, 1.54) is 76.2 Å². The lowest BCUT2D eigenvalue weighted by Gasteiger charge is -2.61. The van der Waals surface area contributed by atoms with Crippen LogP contribution in [0.2, 0.25) is 0 Å². The first-order chi connectivity index (χ1) is 23.8. The lowest BCUT2D eigenvalue weighted by Crippen LogP contribution is -2.55. The minimum atomic E-state index is 0.181. The first kappa shape index (κ1) is 25.9. The van der Waals surface area contributed by atoms with Crippen molar-refractivity contribution < 1.29 is 4.42 Å². The maximum Gasteiger partial charge on any atom is 0.159 e. The number of hydrogen-bond donors (Lipinski definition) is 0. The van der Waals surface area contributed by atoms with Gasteiger partial charge in [0.2, 0.25) is 0 Å². The Hall–Kier alpha value is -5.08. The Balaban J connectivity index is 1.10. The zero-order chi connectivity index (χ0) is 31.1. The zero-order valence-electron chi connectivity index (χ0n) is 26.8. The van der Waals surface area contributed by atoms with Gasteiger partial charge in [0.05, 0.1) is 16.7 Å². The highest BCUT2D eigenvalue weighted by Crippen LogP contribution is 2.70. The fraction of sp³-hybridized carbons (Fsp3) is 0.217. The number of nitrogens with zero attached hydrogens (tertiary/aromatic N) is 1. The summed E-state index contributed by atoms with van der Waals surface area (Å²) in [6.07, 6.45) is 7.13. The second kappa shape index (κ2) is 9.08. The number of hydrogen-bond acceptors (Lipinski definition) is 1. The molecule has 0 atom stereocenters. The summed E-state index contributed by atoms with van der Waals surface area (Å²) in [5, 5.41) is 4.87. The van der Waals surface area contributed by atoms with Crippen molar-refractivity contribution in [2.75, 3.05) is 0 Å². The number of benzene rings is 6. The fourth-order valence-electron chi connectivity index (χ4n) is 11.8. The molecule has 4 bridgehead atoms. The van der Waals surface area contributed by atoms with E-state index in [1.807, 2.05) is 0 Å². The molecule has 0 radical (unpaired) electrons. The number of rotatable bonds is 2. The molecule has 2 heterocycles. The van der Waals surface area contributed by atoms with Crippen LogP contribution in [0.25, 0.3) is 71.7 Å². The highest BCUT2D eigenvalue weighted by atomic mass is 16.3. The first-order valence-corrected chi connectivity index (χ1v) is 17.9. The van der Waals surface area contributed by atoms with Gasteiger partial charge in [0, 0.05) is 27.0 Å². The molecule has 4 saturated carbocycles. The van der Waals surface area contributed by atoms with Crippen molar-refractivity contribution in [3.05, 3.63) is 139 Å². The Morgan fingerprint density at radius 1 is 0.521 bits per heavy atom. The third-order valence-electron chi connectivity index (χ3n) is 13.2. The largest absolute Gasteiger partial charge is 0.454 e. The summed E-state index contributed by atoms with van der Waals surface area (Å²) in [4.78, 5) is 0. The third kappa shape index (κ3) is 3.10. The molecular weight excluding hydrogens is 583 g/mol. The van der Waals surface area contributed by atoms with Gasteiger partial charge in [-0.3, -0.25) is 0 Å². The number of para-hydroxylation sites is 3. The van der Waals surface area contributed by atoms with E-state index in [4.69, 9.17) is 4.42 Å². The van der Waals surface area contributed by atoms with Crippen LogP contribution in [0.5, 0.6) is 0 Å². The van der Waals surface area contributed by atoms with Gasteiger partial charge in [0.15, 0.2) is 5.58 Å². The van der Waals surface area contributed by atoms with Crippen LogP contribution in [0, 0.1) is 23.7 Å². The van der Waals surface area contributed by atoms with E-state index >= 15 is 0 Å². The molecule has 8 aromatic rings. The maximum absolute atomic E-state index is 6.56. The Bertz CT molecular complexity index is 2620. The smallest absolute Gasteiger partial charge is 0.159 e. The molecule has 13 rings (SSSR count). The van der Waals surface area contributed by atoms with Gasteiger partial charge >= 0.3 is 0 Å². The van der Waals surface area contributed by atoms with E-state index in [-0.39, 0.29) is 5.41 Å². The van der Waals surface area contributed by atoms with Crippen molar-refractivity contribution >= 4 is 43.7 Å². The van der Waals surface area contributed by atoms with E-state index in [2.05, 4.69) is 132 Å². The topological polar surface area (TPSA) is 18.1 Å². The lowest BCUT2D eigenvalue weighted by atomic mass is 9.43. The van der Waals surface area contributed by atoms with Crippen LogP contribution in [0.1, 0.15) is 43.2 Å². The van der Waals surface area contributed by atoms with Crippen LogP contribution >= 0.6 is 0 Å². The van der Waals surface area contributed by atoms with E-state index < -0.39 is 0 Å². The highest BCUT2D eigenvalue weighted by molar-refractivity contribution is 6.13. The summed E-state index contributed by atoms with van der Waals surface area (Å²) in [7, 11) is 0. The van der Waals surface area contributed by atoms with Crippen LogP contribution in [0.3, 0.4) is 0 Å². The molecule has 5 aliphatic carbocycles. The molecule has 4 fully saturated rings. The van der Waals surface area contributed by atoms with E-state index in [0.29, 0.717) is 0 Å². The molecule has 230 valence electrons. The van der Waals surface area contributed by atoms with E-state index in [9.17, 15) is 0 Å². The quantitative estimate of drug-likeness (QED) is 0.189. The number of fused-ring (bicyclic) bond motifs is 9.